The molecule has 4 heterocycles. The highest BCUT2D eigenvalue weighted by molar-refractivity contribution is 5.84. The molecule has 28 atom stereocenters. The minimum Gasteiger partial charge on any atom is -0.461 e. The smallest absolute Gasteiger partial charge is 0.330 e. The lowest BCUT2D eigenvalue weighted by Crippen LogP contribution is -2.60. The van der Waals surface area contributed by atoms with Crippen LogP contribution >= 0.6 is 0 Å². The predicted molar refractivity (Wildman–Crippen MR) is 354 cm³/mol. The SMILES string of the molecule is C=CC(=O)O[C@H]1[C@H](C)[C@@H](O[C@@H]2O[C@H](C)C[C@H](N(C)C)[C@H]2O)[C@](C)(OC)C[C@@H](C)C(=O)[C@H](C)[C@@H](O)[C@](C)(O)[C@@H](CC)OC(=O)[C@@H]1C.CC[C@H]1OC(=O)[C@H](C)[C@@H](OC(=O)CCN(CC)CC)[C@H](C)[C@@H](O[C@@H]2O[C@H](C)C[C@H](N(C)C)[C@H]2O)[C@](C)(OC)C[C@@H](C)C(=O)[C@H](C)[C@@H](O)[C@]1(C)O. The van der Waals surface area contributed by atoms with Crippen LogP contribution in [0.1, 0.15) is 170 Å². The molecule has 4 rings (SSSR count). The monoisotopic (exact) mass is 1360 g/mol. The molecule has 4 aliphatic rings. The van der Waals surface area contributed by atoms with E-state index in [0.29, 0.717) is 19.4 Å². The number of carbonyl (C=O) groups is 6. The molecule has 0 aromatic heterocycles. The molecule has 0 spiro atoms. The van der Waals surface area contributed by atoms with Crippen molar-refractivity contribution in [3.63, 3.8) is 0 Å². The van der Waals surface area contributed by atoms with Crippen LogP contribution in [-0.2, 0) is 76.1 Å². The van der Waals surface area contributed by atoms with Crippen molar-refractivity contribution in [1.82, 2.24) is 14.7 Å². The lowest BCUT2D eigenvalue weighted by atomic mass is 9.74. The summed E-state index contributed by atoms with van der Waals surface area (Å²) < 4.78 is 61.5. The predicted octanol–water partition coefficient (Wildman–Crippen LogP) is 5.05. The van der Waals surface area contributed by atoms with E-state index in [1.165, 1.54) is 41.9 Å². The van der Waals surface area contributed by atoms with Crippen molar-refractivity contribution in [2.45, 2.75) is 290 Å². The molecule has 0 radical (unpaired) electrons. The normalized spacial score (nSPS) is 42.6. The van der Waals surface area contributed by atoms with Crippen LogP contribution in [0.2, 0.25) is 0 Å². The van der Waals surface area contributed by atoms with E-state index < -0.39 is 167 Å². The Morgan fingerprint density at radius 2 is 0.926 bits per heavy atom. The summed E-state index contributed by atoms with van der Waals surface area (Å²) in [5.41, 5.74) is -6.45. The number of ketones is 2. The molecule has 25 nitrogen and oxygen atoms in total. The molecule has 4 saturated heterocycles. The summed E-state index contributed by atoms with van der Waals surface area (Å²) in [5, 5.41) is 68.4. The highest BCUT2D eigenvalue weighted by Crippen LogP contribution is 2.43. The van der Waals surface area contributed by atoms with Crippen LogP contribution < -0.4 is 0 Å². The van der Waals surface area contributed by atoms with Gasteiger partial charge in [-0.2, -0.15) is 0 Å². The molecular weight excluding hydrogens is 1230 g/mol. The number of hydrogen-bond acceptors (Lipinski definition) is 25. The average Bonchev–Trinajstić information content (AvgIpc) is 0.785. The molecule has 552 valence electrons. The molecule has 0 aromatic carbocycles. The Labute approximate surface area is 566 Å². The lowest BCUT2D eigenvalue weighted by molar-refractivity contribution is -0.301. The van der Waals surface area contributed by atoms with Crippen molar-refractivity contribution < 1.29 is 107 Å². The van der Waals surface area contributed by atoms with Crippen LogP contribution in [0, 0.1) is 47.3 Å². The van der Waals surface area contributed by atoms with Crippen LogP contribution in [0.15, 0.2) is 12.7 Å². The average molecular weight is 1360 g/mol. The maximum atomic E-state index is 14.0. The minimum absolute atomic E-state index is 0.0775. The van der Waals surface area contributed by atoms with Crippen LogP contribution in [-0.4, -0.2) is 263 Å². The molecule has 0 bridgehead atoms. The van der Waals surface area contributed by atoms with E-state index in [1.54, 1.807) is 69.2 Å². The molecule has 0 unspecified atom stereocenters. The summed E-state index contributed by atoms with van der Waals surface area (Å²) >= 11 is 0. The standard InChI is InChI=1S/C37H68N2O11.C33H57NO11/c1-14-27-37(10,45)32(43)23(6)29(41)21(4)20-36(9,46-13)33(50-35-30(42)26(38(11)12)19-22(5)47-35)24(7)31(25(8)34(44)48-27)49-28(40)17-18-39(15-2)16-3;1-13-23-33(9,40)28(38)19(5)25(36)17(3)16-32(8,41-12)29(45-31-26(37)22(34(10)11)15-18(4)42-31)20(6)27(44-24(35)14-2)21(7)30(39)43-23/h21-27,30-33,35,42-43,45H,14-20H2,1-13H3;14,17-23,26-29,31,37-38,40H,2,13,15-16H2,1,3-12H3/t21-,22-,23+,24+,25-,26+,27-,30-,31+,32-,33-,35+,36-,37-;17-,18-,19+,20+,21-,22+,23-,26-,27+,28-,29-,31+,32-,33-/m11/s1. The second-order valence-electron chi connectivity index (χ2n) is 29.0. The van der Waals surface area contributed by atoms with Crippen molar-refractivity contribution in [3.8, 4) is 0 Å². The summed E-state index contributed by atoms with van der Waals surface area (Å²) in [6, 6.07) is -0.568. The van der Waals surface area contributed by atoms with Crippen molar-refractivity contribution >= 4 is 35.4 Å². The first kappa shape index (κ1) is 85.6. The molecule has 95 heavy (non-hydrogen) atoms. The number of cyclic esters (lactones) is 2. The van der Waals surface area contributed by atoms with Gasteiger partial charge in [-0.3, -0.25) is 24.0 Å². The summed E-state index contributed by atoms with van der Waals surface area (Å²) in [5.74, 6) is -10.6. The first-order valence-corrected chi connectivity index (χ1v) is 34.4. The van der Waals surface area contributed by atoms with E-state index in [2.05, 4.69) is 11.5 Å². The third-order valence-electron chi connectivity index (χ3n) is 21.2. The number of nitrogens with zero attached hydrogens (tertiary/aromatic N) is 3. The zero-order chi connectivity index (χ0) is 72.9. The van der Waals surface area contributed by atoms with Gasteiger partial charge < -0.3 is 92.7 Å². The topological polar surface area (TPSA) is 326 Å². The molecule has 4 aliphatic heterocycles. The van der Waals surface area contributed by atoms with E-state index >= 15 is 0 Å². The second kappa shape index (κ2) is 36.6. The minimum atomic E-state index is -1.97. The fourth-order valence-electron chi connectivity index (χ4n) is 14.7. The van der Waals surface area contributed by atoms with Gasteiger partial charge in [-0.25, -0.2) is 4.79 Å². The summed E-state index contributed by atoms with van der Waals surface area (Å²) in [6.07, 6.45) is -11.9. The number of carbonyl (C=O) groups excluding carboxylic acids is 6. The Morgan fingerprint density at radius 1 is 0.579 bits per heavy atom. The highest BCUT2D eigenvalue weighted by atomic mass is 16.7. The third kappa shape index (κ3) is 21.0. The van der Waals surface area contributed by atoms with Crippen LogP contribution in [0.25, 0.3) is 0 Å². The number of rotatable bonds is 18. The molecule has 25 heteroatoms. The maximum absolute atomic E-state index is 14.0. The van der Waals surface area contributed by atoms with Gasteiger partial charge in [-0.05, 0) is 135 Å². The number of Topliss-reactive ketones (excluding diaryl/α,β-unsaturated/α-hetero) is 2. The largest absolute Gasteiger partial charge is 0.461 e. The van der Waals surface area contributed by atoms with Gasteiger partial charge in [-0.1, -0.05) is 75.8 Å². The van der Waals surface area contributed by atoms with E-state index in [4.69, 9.17) is 47.4 Å². The Bertz CT molecular complexity index is 2460. The number of likely N-dealkylation sites (N-methyl/N-ethyl adjacent to an activating group) is 2. The van der Waals surface area contributed by atoms with Crippen molar-refractivity contribution in [2.24, 2.45) is 47.3 Å². The van der Waals surface area contributed by atoms with Gasteiger partial charge >= 0.3 is 23.9 Å². The number of esters is 4. The van der Waals surface area contributed by atoms with Gasteiger partial charge in [-0.15, -0.1) is 0 Å². The van der Waals surface area contributed by atoms with Crippen LogP contribution in [0.3, 0.4) is 0 Å². The number of aliphatic hydroxyl groups is 6. The third-order valence-corrected chi connectivity index (χ3v) is 21.2. The molecular formula is C70H125N3O22. The zero-order valence-electron chi connectivity index (χ0n) is 61.8. The Kier molecular flexibility index (Phi) is 33.0. The summed E-state index contributed by atoms with van der Waals surface area (Å²) in [4.78, 5) is 87.3. The fraction of sp³-hybridized carbons (Fsp3) is 0.886. The van der Waals surface area contributed by atoms with Gasteiger partial charge in [0.2, 0.25) is 0 Å². The van der Waals surface area contributed by atoms with Gasteiger partial charge in [0.1, 0.15) is 59.4 Å². The van der Waals surface area contributed by atoms with Gasteiger partial charge in [0, 0.05) is 74.4 Å². The van der Waals surface area contributed by atoms with Crippen molar-refractivity contribution in [3.05, 3.63) is 12.7 Å². The Balaban J connectivity index is 0.000000498. The molecule has 6 N–H and O–H groups in total. The van der Waals surface area contributed by atoms with Crippen LogP contribution in [0.4, 0.5) is 0 Å². The number of aliphatic hydroxyl groups excluding tert-OH is 4. The number of ether oxygens (including phenoxy) is 10. The molecule has 0 amide bonds. The van der Waals surface area contributed by atoms with E-state index in [0.717, 1.165) is 19.2 Å². The molecule has 0 saturated carbocycles. The maximum Gasteiger partial charge on any atom is 0.330 e. The van der Waals surface area contributed by atoms with Crippen molar-refractivity contribution in [1.29, 1.82) is 0 Å². The molecule has 0 aromatic rings. The van der Waals surface area contributed by atoms with Gasteiger partial charge in [0.05, 0.1) is 66.1 Å². The molecule has 4 fully saturated rings. The van der Waals surface area contributed by atoms with Crippen LogP contribution in [0.5, 0.6) is 0 Å². The zero-order valence-corrected chi connectivity index (χ0v) is 61.8. The van der Waals surface area contributed by atoms with Gasteiger partial charge in [0.15, 0.2) is 12.6 Å². The first-order valence-electron chi connectivity index (χ1n) is 34.4. The summed E-state index contributed by atoms with van der Waals surface area (Å²) in [6.45, 7) is 36.0. The lowest BCUT2D eigenvalue weighted by Gasteiger charge is -2.48. The summed E-state index contributed by atoms with van der Waals surface area (Å²) in [7, 11) is 10.4. The molecule has 0 aliphatic carbocycles. The second-order valence-corrected chi connectivity index (χ2v) is 29.0. The number of methoxy groups -OCH3 is 2. The quantitative estimate of drug-likeness (QED) is 0.0594. The van der Waals surface area contributed by atoms with E-state index in [1.807, 2.05) is 65.7 Å². The van der Waals surface area contributed by atoms with E-state index in [9.17, 15) is 59.4 Å². The van der Waals surface area contributed by atoms with E-state index in [-0.39, 0.29) is 68.0 Å². The Hall–Kier alpha value is -3.64. The van der Waals surface area contributed by atoms with Gasteiger partial charge in [0.25, 0.3) is 0 Å². The first-order chi connectivity index (χ1) is 44.0. The van der Waals surface area contributed by atoms with Crippen molar-refractivity contribution in [2.75, 3.05) is 62.0 Å². The highest BCUT2D eigenvalue weighted by Gasteiger charge is 2.56. The Morgan fingerprint density at radius 3 is 1.23 bits per heavy atom. The fourth-order valence-corrected chi connectivity index (χ4v) is 14.7. The number of hydrogen-bond donors (Lipinski definition) is 6.